The molecular formula is C31H49NO9. The number of unbranched alkanes of at least 4 members (excludes halogenated alkanes) is 4. The molecule has 0 spiro atoms. The van der Waals surface area contributed by atoms with E-state index >= 15 is 0 Å². The first-order valence-electron chi connectivity index (χ1n) is 14.7. The standard InChI is InChI=1S/C31H49NO9/c1-8-10-12-14-28(33)40-26-17-16-24(19-27(26)41-29(34)15-13-11-9-2)18-25(32)30(35)37-22(6)23(7)39-31(36)38-21(5)20(3)4/h16-17,19-23,25H,8-15,18,32H2,1-7H3/t21?,22-,23?,25-/m0/s1. The molecule has 1 aromatic carbocycles. The predicted octanol–water partition coefficient (Wildman–Crippen LogP) is 6.05. The van der Waals surface area contributed by atoms with E-state index in [4.69, 9.17) is 29.4 Å². The number of ether oxygens (including phenoxy) is 5. The Hall–Kier alpha value is -3.14. The second-order valence-corrected chi connectivity index (χ2v) is 10.7. The molecule has 0 heterocycles. The average Bonchev–Trinajstić information content (AvgIpc) is 2.90. The number of carbonyl (C=O) groups excluding carboxylic acids is 4. The van der Waals surface area contributed by atoms with Crippen LogP contribution in [0.1, 0.15) is 105 Å². The van der Waals surface area contributed by atoms with Crippen LogP contribution in [0.2, 0.25) is 0 Å². The molecule has 2 unspecified atom stereocenters. The third-order valence-corrected chi connectivity index (χ3v) is 6.65. The number of esters is 3. The van der Waals surface area contributed by atoms with E-state index in [-0.39, 0.29) is 42.8 Å². The molecule has 0 aliphatic heterocycles. The summed E-state index contributed by atoms with van der Waals surface area (Å²) in [5.41, 5.74) is 6.70. The van der Waals surface area contributed by atoms with Crippen LogP contribution in [0.4, 0.5) is 4.79 Å². The van der Waals surface area contributed by atoms with Crippen LogP contribution in [0.5, 0.6) is 11.5 Å². The van der Waals surface area contributed by atoms with E-state index in [1.54, 1.807) is 32.9 Å². The fourth-order valence-electron chi connectivity index (χ4n) is 3.50. The topological polar surface area (TPSA) is 140 Å². The third-order valence-electron chi connectivity index (χ3n) is 6.65. The third kappa shape index (κ3) is 14.4. The van der Waals surface area contributed by atoms with Crippen LogP contribution in [0.25, 0.3) is 0 Å². The van der Waals surface area contributed by atoms with E-state index in [0.29, 0.717) is 18.4 Å². The molecule has 41 heavy (non-hydrogen) atoms. The molecule has 10 heteroatoms. The van der Waals surface area contributed by atoms with Gasteiger partial charge in [0.15, 0.2) is 11.5 Å². The summed E-state index contributed by atoms with van der Waals surface area (Å²) in [5.74, 6) is -1.19. The SMILES string of the molecule is CCCCCC(=O)Oc1ccc(C[C@H](N)C(=O)O[C@@H](C)C(C)OC(=O)OC(C)C(C)C)cc1OC(=O)CCCCC. The van der Waals surface area contributed by atoms with Crippen LogP contribution in [-0.2, 0) is 35.0 Å². The summed E-state index contributed by atoms with van der Waals surface area (Å²) in [5, 5.41) is 0. The highest BCUT2D eigenvalue weighted by molar-refractivity contribution is 5.77. The van der Waals surface area contributed by atoms with Crippen LogP contribution in [0.3, 0.4) is 0 Å². The first kappa shape index (κ1) is 35.9. The van der Waals surface area contributed by atoms with E-state index in [2.05, 4.69) is 0 Å². The van der Waals surface area contributed by atoms with Gasteiger partial charge < -0.3 is 29.4 Å². The molecule has 0 radical (unpaired) electrons. The first-order chi connectivity index (χ1) is 19.4. The Kier molecular flexibility index (Phi) is 16.7. The Morgan fingerprint density at radius 2 is 1.22 bits per heavy atom. The van der Waals surface area contributed by atoms with Crippen molar-refractivity contribution in [3.8, 4) is 11.5 Å². The molecule has 0 fully saturated rings. The lowest BCUT2D eigenvalue weighted by Gasteiger charge is -2.23. The van der Waals surface area contributed by atoms with Crippen LogP contribution in [0.15, 0.2) is 18.2 Å². The summed E-state index contributed by atoms with van der Waals surface area (Å²) in [6.45, 7) is 12.9. The molecule has 1 aromatic rings. The highest BCUT2D eigenvalue weighted by Gasteiger charge is 2.26. The van der Waals surface area contributed by atoms with Crippen LogP contribution in [-0.4, -0.2) is 48.4 Å². The second kappa shape index (κ2) is 19.1. The summed E-state index contributed by atoms with van der Waals surface area (Å²) in [6, 6.07) is 3.67. The summed E-state index contributed by atoms with van der Waals surface area (Å²) >= 11 is 0. The summed E-state index contributed by atoms with van der Waals surface area (Å²) < 4.78 is 26.9. The van der Waals surface area contributed by atoms with Gasteiger partial charge in [-0.1, -0.05) is 59.4 Å². The summed E-state index contributed by atoms with van der Waals surface area (Å²) in [4.78, 5) is 49.4. The molecule has 0 saturated carbocycles. The number of hydrogen-bond donors (Lipinski definition) is 1. The van der Waals surface area contributed by atoms with E-state index < -0.39 is 42.3 Å². The van der Waals surface area contributed by atoms with Crippen LogP contribution in [0, 0.1) is 5.92 Å². The van der Waals surface area contributed by atoms with Crippen molar-refractivity contribution in [1.29, 1.82) is 0 Å². The van der Waals surface area contributed by atoms with Gasteiger partial charge in [0.05, 0.1) is 0 Å². The minimum absolute atomic E-state index is 0.0693. The molecule has 1 rings (SSSR count). The van der Waals surface area contributed by atoms with Gasteiger partial charge in [0.2, 0.25) is 0 Å². The van der Waals surface area contributed by atoms with Gasteiger partial charge in [-0.05, 0) is 63.6 Å². The van der Waals surface area contributed by atoms with Crippen molar-refractivity contribution in [3.05, 3.63) is 23.8 Å². The molecule has 232 valence electrons. The molecule has 0 aliphatic rings. The Morgan fingerprint density at radius 1 is 0.707 bits per heavy atom. The van der Waals surface area contributed by atoms with Gasteiger partial charge in [-0.25, -0.2) is 4.79 Å². The van der Waals surface area contributed by atoms with Gasteiger partial charge >= 0.3 is 24.1 Å². The highest BCUT2D eigenvalue weighted by Crippen LogP contribution is 2.30. The van der Waals surface area contributed by atoms with E-state index in [1.165, 1.54) is 6.07 Å². The van der Waals surface area contributed by atoms with Crippen LogP contribution >= 0.6 is 0 Å². The van der Waals surface area contributed by atoms with Gasteiger partial charge in [0, 0.05) is 12.8 Å². The number of hydrogen-bond acceptors (Lipinski definition) is 10. The fraction of sp³-hybridized carbons (Fsp3) is 0.677. The lowest BCUT2D eigenvalue weighted by atomic mass is 10.1. The van der Waals surface area contributed by atoms with Crippen molar-refractivity contribution in [2.24, 2.45) is 11.7 Å². The highest BCUT2D eigenvalue weighted by atomic mass is 16.7. The minimum atomic E-state index is -1.05. The van der Waals surface area contributed by atoms with Gasteiger partial charge in [0.25, 0.3) is 0 Å². The van der Waals surface area contributed by atoms with Crippen molar-refractivity contribution in [3.63, 3.8) is 0 Å². The molecule has 0 amide bonds. The van der Waals surface area contributed by atoms with Gasteiger partial charge in [-0.2, -0.15) is 0 Å². The largest absolute Gasteiger partial charge is 0.508 e. The van der Waals surface area contributed by atoms with Gasteiger partial charge in [-0.3, -0.25) is 14.4 Å². The lowest BCUT2D eigenvalue weighted by molar-refractivity contribution is -0.156. The van der Waals surface area contributed by atoms with E-state index in [0.717, 1.165) is 25.7 Å². The molecule has 0 aromatic heterocycles. The summed E-state index contributed by atoms with van der Waals surface area (Å²) in [7, 11) is 0. The smallest absolute Gasteiger partial charge is 0.458 e. The van der Waals surface area contributed by atoms with Crippen LogP contribution < -0.4 is 15.2 Å². The first-order valence-corrected chi connectivity index (χ1v) is 14.7. The lowest BCUT2D eigenvalue weighted by Crippen LogP contribution is -2.39. The number of benzene rings is 1. The Morgan fingerprint density at radius 3 is 1.76 bits per heavy atom. The summed E-state index contributed by atoms with van der Waals surface area (Å²) in [6.07, 6.45) is 2.99. The fourth-order valence-corrected chi connectivity index (χ4v) is 3.50. The average molecular weight is 580 g/mol. The maximum Gasteiger partial charge on any atom is 0.508 e. The van der Waals surface area contributed by atoms with Crippen molar-refractivity contribution in [2.75, 3.05) is 0 Å². The van der Waals surface area contributed by atoms with Crippen molar-refractivity contribution < 1.29 is 42.9 Å². The number of nitrogens with two attached hydrogens (primary N) is 1. The molecule has 10 nitrogen and oxygen atoms in total. The quantitative estimate of drug-likeness (QED) is 0.124. The maximum absolute atomic E-state index is 12.7. The zero-order valence-corrected chi connectivity index (χ0v) is 25.7. The zero-order valence-electron chi connectivity index (χ0n) is 25.7. The Balaban J connectivity index is 2.86. The van der Waals surface area contributed by atoms with Crippen molar-refractivity contribution in [2.45, 2.75) is 131 Å². The predicted molar refractivity (Wildman–Crippen MR) is 155 cm³/mol. The van der Waals surface area contributed by atoms with E-state index in [9.17, 15) is 19.2 Å². The van der Waals surface area contributed by atoms with Crippen molar-refractivity contribution >= 4 is 24.1 Å². The Labute approximate surface area is 244 Å². The van der Waals surface area contributed by atoms with Gasteiger partial charge in [-0.15, -0.1) is 0 Å². The number of rotatable bonds is 18. The molecule has 0 aliphatic carbocycles. The molecule has 4 atom stereocenters. The monoisotopic (exact) mass is 579 g/mol. The minimum Gasteiger partial charge on any atom is -0.458 e. The number of carbonyl (C=O) groups is 4. The molecular weight excluding hydrogens is 530 g/mol. The Bertz CT molecular complexity index is 978. The maximum atomic E-state index is 12.7. The molecule has 0 saturated heterocycles. The van der Waals surface area contributed by atoms with Gasteiger partial charge in [0.1, 0.15) is 24.4 Å². The second-order valence-electron chi connectivity index (χ2n) is 10.7. The van der Waals surface area contributed by atoms with E-state index in [1.807, 2.05) is 27.7 Å². The zero-order chi connectivity index (χ0) is 30.9. The molecule has 0 bridgehead atoms. The molecule has 2 N–H and O–H groups in total. The van der Waals surface area contributed by atoms with Crippen molar-refractivity contribution in [1.82, 2.24) is 0 Å². The normalized spacial score (nSPS) is 14.0.